The van der Waals surface area contributed by atoms with E-state index in [1.165, 1.54) is 17.7 Å². The standard InChI is InChI=1S/C30H34N4O5S2/c1-21-9-15-25(16-10-21)41(37,38)34-27(29(36)39-28(35)26-8-5-18-31-26)20-23-11-13-24(14-12-23)33-30(40)32-19-17-22-6-3-2-4-7-22/h2-4,6-7,9-16,26-27,31,34H,5,8,17-20H2,1H3,(H2,32,33,40)/t26-,27-/m0/s1. The second-order valence-electron chi connectivity index (χ2n) is 9.89. The number of hydrogen-bond acceptors (Lipinski definition) is 7. The van der Waals surface area contributed by atoms with Crippen molar-refractivity contribution in [1.82, 2.24) is 15.4 Å². The summed E-state index contributed by atoms with van der Waals surface area (Å²) in [7, 11) is -4.06. The number of anilines is 1. The van der Waals surface area contributed by atoms with Gasteiger partial charge in [-0.15, -0.1) is 0 Å². The maximum Gasteiger partial charge on any atom is 0.332 e. The SMILES string of the molecule is Cc1ccc(S(=O)(=O)N[C@@H](Cc2ccc(NC(=S)NCCc3ccccc3)cc2)C(=O)OC(=O)[C@@H]2CCCN2)cc1. The summed E-state index contributed by atoms with van der Waals surface area (Å²) in [4.78, 5) is 25.5. The minimum absolute atomic E-state index is 0.0116. The van der Waals surface area contributed by atoms with Gasteiger partial charge < -0.3 is 20.7 Å². The van der Waals surface area contributed by atoms with Crippen molar-refractivity contribution in [3.63, 3.8) is 0 Å². The van der Waals surface area contributed by atoms with Crippen LogP contribution in [0, 0.1) is 6.92 Å². The van der Waals surface area contributed by atoms with Gasteiger partial charge in [-0.3, -0.25) is 0 Å². The van der Waals surface area contributed by atoms with E-state index in [1.807, 2.05) is 25.1 Å². The van der Waals surface area contributed by atoms with Crippen LogP contribution in [-0.4, -0.2) is 50.6 Å². The van der Waals surface area contributed by atoms with Crippen molar-refractivity contribution >= 4 is 45.0 Å². The van der Waals surface area contributed by atoms with Crippen LogP contribution in [0.4, 0.5) is 5.69 Å². The van der Waals surface area contributed by atoms with Crippen molar-refractivity contribution < 1.29 is 22.7 Å². The first-order valence-corrected chi connectivity index (χ1v) is 15.3. The fraction of sp³-hybridized carbons (Fsp3) is 0.300. The summed E-state index contributed by atoms with van der Waals surface area (Å²) >= 11 is 5.39. The summed E-state index contributed by atoms with van der Waals surface area (Å²) in [5, 5.41) is 9.75. The number of hydrogen-bond donors (Lipinski definition) is 4. The van der Waals surface area contributed by atoms with Crippen LogP contribution in [-0.2, 0) is 37.2 Å². The molecule has 3 aromatic rings. The summed E-state index contributed by atoms with van der Waals surface area (Å²) in [6.07, 6.45) is 2.17. The molecule has 0 saturated carbocycles. The van der Waals surface area contributed by atoms with E-state index in [4.69, 9.17) is 17.0 Å². The predicted octanol–water partition coefficient (Wildman–Crippen LogP) is 3.24. The molecular formula is C30H34N4O5S2. The molecule has 4 rings (SSSR count). The fourth-order valence-electron chi connectivity index (χ4n) is 4.37. The topological polar surface area (TPSA) is 126 Å². The third-order valence-electron chi connectivity index (χ3n) is 6.65. The van der Waals surface area contributed by atoms with Crippen molar-refractivity contribution in [2.24, 2.45) is 0 Å². The third kappa shape index (κ3) is 9.19. The average Bonchev–Trinajstić information content (AvgIpc) is 3.50. The number of sulfonamides is 1. The monoisotopic (exact) mass is 594 g/mol. The first kappa shape index (κ1) is 30.3. The number of thiocarbonyl (C=S) groups is 1. The van der Waals surface area contributed by atoms with E-state index in [1.54, 1.807) is 36.4 Å². The van der Waals surface area contributed by atoms with Gasteiger partial charge in [0.1, 0.15) is 12.1 Å². The van der Waals surface area contributed by atoms with Crippen LogP contribution in [0.3, 0.4) is 0 Å². The highest BCUT2D eigenvalue weighted by Crippen LogP contribution is 2.16. The molecule has 9 nitrogen and oxygen atoms in total. The van der Waals surface area contributed by atoms with Crippen LogP contribution in [0.15, 0.2) is 83.8 Å². The number of rotatable bonds is 11. The van der Waals surface area contributed by atoms with Crippen LogP contribution in [0.25, 0.3) is 0 Å². The molecule has 0 spiro atoms. The van der Waals surface area contributed by atoms with E-state index < -0.39 is 34.0 Å². The van der Waals surface area contributed by atoms with E-state index in [0.29, 0.717) is 30.2 Å². The van der Waals surface area contributed by atoms with Crippen LogP contribution in [0.2, 0.25) is 0 Å². The van der Waals surface area contributed by atoms with Crippen molar-refractivity contribution in [1.29, 1.82) is 0 Å². The van der Waals surface area contributed by atoms with Gasteiger partial charge in [-0.1, -0.05) is 60.2 Å². The number of nitrogens with one attached hydrogen (secondary N) is 4. The van der Waals surface area contributed by atoms with E-state index in [2.05, 4.69) is 32.8 Å². The van der Waals surface area contributed by atoms with E-state index >= 15 is 0 Å². The Hall–Kier alpha value is -3.64. The van der Waals surface area contributed by atoms with E-state index in [9.17, 15) is 18.0 Å². The van der Waals surface area contributed by atoms with Crippen molar-refractivity contribution in [2.75, 3.05) is 18.4 Å². The lowest BCUT2D eigenvalue weighted by Crippen LogP contribution is -2.45. The molecule has 4 N–H and O–H groups in total. The lowest BCUT2D eigenvalue weighted by molar-refractivity contribution is -0.162. The Morgan fingerprint density at radius 1 is 1.00 bits per heavy atom. The van der Waals surface area contributed by atoms with Crippen LogP contribution < -0.4 is 20.7 Å². The van der Waals surface area contributed by atoms with Crippen molar-refractivity contribution in [3.8, 4) is 0 Å². The average molecular weight is 595 g/mol. The fourth-order valence-corrected chi connectivity index (χ4v) is 5.78. The van der Waals surface area contributed by atoms with Crippen molar-refractivity contribution in [3.05, 3.63) is 95.6 Å². The first-order chi connectivity index (χ1) is 19.7. The van der Waals surface area contributed by atoms with Gasteiger partial charge in [0.2, 0.25) is 10.0 Å². The van der Waals surface area contributed by atoms with Gasteiger partial charge in [-0.05, 0) is 86.8 Å². The molecule has 1 fully saturated rings. The molecule has 0 bridgehead atoms. The van der Waals surface area contributed by atoms with Gasteiger partial charge in [0.05, 0.1) is 4.90 Å². The van der Waals surface area contributed by atoms with Gasteiger partial charge in [0, 0.05) is 12.2 Å². The second-order valence-corrected chi connectivity index (χ2v) is 12.0. The minimum Gasteiger partial charge on any atom is -0.391 e. The Labute approximate surface area is 246 Å². The number of ether oxygens (including phenoxy) is 1. The Kier molecular flexibility index (Phi) is 10.6. The zero-order valence-electron chi connectivity index (χ0n) is 22.8. The minimum atomic E-state index is -4.06. The van der Waals surface area contributed by atoms with Crippen molar-refractivity contribution in [2.45, 2.75) is 49.6 Å². The molecule has 0 unspecified atom stereocenters. The molecule has 1 heterocycles. The lowest BCUT2D eigenvalue weighted by atomic mass is 10.1. The molecule has 0 aliphatic carbocycles. The zero-order chi connectivity index (χ0) is 29.2. The summed E-state index contributed by atoms with van der Waals surface area (Å²) in [6.45, 7) is 3.18. The Morgan fingerprint density at radius 2 is 1.71 bits per heavy atom. The second kappa shape index (κ2) is 14.3. The maximum absolute atomic E-state index is 13.1. The summed E-state index contributed by atoms with van der Waals surface area (Å²) in [5.41, 5.74) is 3.50. The molecular weight excluding hydrogens is 560 g/mol. The molecule has 1 aliphatic rings. The third-order valence-corrected chi connectivity index (χ3v) is 8.39. The highest BCUT2D eigenvalue weighted by Gasteiger charge is 2.32. The van der Waals surface area contributed by atoms with Gasteiger partial charge in [0.25, 0.3) is 0 Å². The molecule has 216 valence electrons. The smallest absolute Gasteiger partial charge is 0.332 e. The largest absolute Gasteiger partial charge is 0.391 e. The maximum atomic E-state index is 13.1. The van der Waals surface area contributed by atoms with Gasteiger partial charge in [-0.25, -0.2) is 18.0 Å². The lowest BCUT2D eigenvalue weighted by Gasteiger charge is -2.19. The van der Waals surface area contributed by atoms with Crippen LogP contribution in [0.1, 0.15) is 29.5 Å². The highest BCUT2D eigenvalue weighted by atomic mass is 32.2. The Balaban J connectivity index is 1.39. The van der Waals surface area contributed by atoms with Gasteiger partial charge in [-0.2, -0.15) is 4.72 Å². The van der Waals surface area contributed by atoms with E-state index in [-0.39, 0.29) is 11.3 Å². The summed E-state index contributed by atoms with van der Waals surface area (Å²) < 4.78 is 33.7. The molecule has 1 saturated heterocycles. The zero-order valence-corrected chi connectivity index (χ0v) is 24.4. The number of aryl methyl sites for hydroxylation is 1. The molecule has 0 radical (unpaired) electrons. The molecule has 0 amide bonds. The molecule has 0 aromatic heterocycles. The van der Waals surface area contributed by atoms with Gasteiger partial charge >= 0.3 is 11.9 Å². The highest BCUT2D eigenvalue weighted by molar-refractivity contribution is 7.89. The molecule has 2 atom stereocenters. The number of carbonyl (C=O) groups excluding carboxylic acids is 2. The predicted molar refractivity (Wildman–Crippen MR) is 162 cm³/mol. The molecule has 3 aromatic carbocycles. The van der Waals surface area contributed by atoms with E-state index in [0.717, 1.165) is 24.1 Å². The van der Waals surface area contributed by atoms with Crippen LogP contribution >= 0.6 is 12.2 Å². The quantitative estimate of drug-likeness (QED) is 0.150. The molecule has 1 aliphatic heterocycles. The summed E-state index contributed by atoms with van der Waals surface area (Å²) in [6, 6.07) is 21.5. The first-order valence-electron chi connectivity index (χ1n) is 13.5. The number of esters is 2. The van der Waals surface area contributed by atoms with Crippen LogP contribution in [0.5, 0.6) is 0 Å². The molecule has 41 heavy (non-hydrogen) atoms. The van der Waals surface area contributed by atoms with Gasteiger partial charge in [0.15, 0.2) is 5.11 Å². The Morgan fingerprint density at radius 3 is 2.37 bits per heavy atom. The summed E-state index contributed by atoms with van der Waals surface area (Å²) in [5.74, 6) is -1.66. The molecule has 11 heteroatoms. The normalized spacial score (nSPS) is 15.6. The number of benzene rings is 3. The Bertz CT molecular complexity index is 1440. The number of carbonyl (C=O) groups is 2.